The molecular weight excluding hydrogens is 419 g/mol. The summed E-state index contributed by atoms with van der Waals surface area (Å²) in [6.07, 6.45) is 8.01. The molecule has 0 aliphatic carbocycles. The first kappa shape index (κ1) is 20.3. The third-order valence-electron chi connectivity index (χ3n) is 4.41. The second-order valence-corrected chi connectivity index (χ2v) is 6.98. The van der Waals surface area contributed by atoms with E-state index in [1.807, 2.05) is 53.4 Å². The molecule has 0 spiro atoms. The zero-order chi connectivity index (χ0) is 21.8. The summed E-state index contributed by atoms with van der Waals surface area (Å²) in [5.74, 6) is -0.585. The average Bonchev–Trinajstić information content (AvgIpc) is 3.30. The van der Waals surface area contributed by atoms with Gasteiger partial charge in [-0.15, -0.1) is 0 Å². The molecule has 2 aromatic heterocycles. The van der Waals surface area contributed by atoms with E-state index in [0.29, 0.717) is 17.5 Å². The Hall–Kier alpha value is -3.97. The number of benzene rings is 2. The number of hydrogen-bond acceptors (Lipinski definition) is 4. The minimum atomic E-state index is -1.02. The largest absolute Gasteiger partial charge is 0.478 e. The first-order valence-corrected chi connectivity index (χ1v) is 9.61. The molecule has 31 heavy (non-hydrogen) atoms. The Labute approximate surface area is 182 Å². The lowest BCUT2D eigenvalue weighted by molar-refractivity contribution is -0.131. The maximum Gasteiger partial charge on any atom is 0.328 e. The highest BCUT2D eigenvalue weighted by atomic mass is 35.5. The van der Waals surface area contributed by atoms with Crippen molar-refractivity contribution in [1.82, 2.24) is 14.5 Å². The van der Waals surface area contributed by atoms with Crippen LogP contribution >= 0.6 is 11.6 Å². The van der Waals surface area contributed by atoms with Crippen molar-refractivity contribution in [2.45, 2.75) is 0 Å². The van der Waals surface area contributed by atoms with Gasteiger partial charge in [-0.05, 0) is 53.6 Å². The second kappa shape index (κ2) is 8.81. The van der Waals surface area contributed by atoms with Gasteiger partial charge in [0.1, 0.15) is 11.6 Å². The fourth-order valence-corrected chi connectivity index (χ4v) is 3.17. The summed E-state index contributed by atoms with van der Waals surface area (Å²) in [7, 11) is 0. The van der Waals surface area contributed by atoms with E-state index in [0.717, 1.165) is 22.8 Å². The van der Waals surface area contributed by atoms with Crippen molar-refractivity contribution in [1.29, 1.82) is 0 Å². The molecule has 0 aliphatic rings. The molecule has 8 heteroatoms. The standard InChI is InChI=1S/C23H16ClFN4O2/c24-19-13-17(7-8-20(19)25)27-23-26-14-18(22(28-23)29-10-1-2-11-29)16-5-3-4-15(12-16)6-9-21(30)31/h1-14H,(H,30,31)(H,26,27,28)/b9-6+. The van der Waals surface area contributed by atoms with E-state index in [4.69, 9.17) is 16.7 Å². The van der Waals surface area contributed by atoms with Gasteiger partial charge in [0.25, 0.3) is 0 Å². The highest BCUT2D eigenvalue weighted by Crippen LogP contribution is 2.28. The van der Waals surface area contributed by atoms with Crippen molar-refractivity contribution in [2.75, 3.05) is 5.32 Å². The van der Waals surface area contributed by atoms with Crippen molar-refractivity contribution in [2.24, 2.45) is 0 Å². The third-order valence-corrected chi connectivity index (χ3v) is 4.70. The molecule has 4 aromatic rings. The monoisotopic (exact) mass is 434 g/mol. The first-order valence-electron chi connectivity index (χ1n) is 9.23. The molecule has 2 N–H and O–H groups in total. The predicted molar refractivity (Wildman–Crippen MR) is 118 cm³/mol. The molecule has 0 amide bonds. The van der Waals surface area contributed by atoms with Crippen molar-refractivity contribution in [3.63, 3.8) is 0 Å². The van der Waals surface area contributed by atoms with Crippen LogP contribution < -0.4 is 5.32 Å². The van der Waals surface area contributed by atoms with Crippen molar-refractivity contribution < 1.29 is 14.3 Å². The average molecular weight is 435 g/mol. The molecule has 2 aromatic carbocycles. The summed E-state index contributed by atoms with van der Waals surface area (Å²) in [5, 5.41) is 11.9. The Morgan fingerprint density at radius 3 is 2.68 bits per heavy atom. The van der Waals surface area contributed by atoms with Crippen LogP contribution in [0, 0.1) is 5.82 Å². The van der Waals surface area contributed by atoms with Crippen LogP contribution in [0.1, 0.15) is 5.56 Å². The Morgan fingerprint density at radius 1 is 1.13 bits per heavy atom. The van der Waals surface area contributed by atoms with Crippen LogP contribution in [0.15, 0.2) is 79.3 Å². The van der Waals surface area contributed by atoms with E-state index < -0.39 is 11.8 Å². The number of rotatable bonds is 6. The van der Waals surface area contributed by atoms with Gasteiger partial charge in [0.15, 0.2) is 0 Å². The lowest BCUT2D eigenvalue weighted by Crippen LogP contribution is -2.04. The van der Waals surface area contributed by atoms with E-state index in [1.165, 1.54) is 18.2 Å². The molecule has 4 rings (SSSR count). The van der Waals surface area contributed by atoms with Gasteiger partial charge in [-0.2, -0.15) is 4.98 Å². The van der Waals surface area contributed by atoms with E-state index in [-0.39, 0.29) is 5.02 Å². The Morgan fingerprint density at radius 2 is 1.94 bits per heavy atom. The second-order valence-electron chi connectivity index (χ2n) is 6.57. The van der Waals surface area contributed by atoms with Gasteiger partial charge < -0.3 is 15.0 Å². The normalized spacial score (nSPS) is 11.0. The van der Waals surface area contributed by atoms with Crippen LogP contribution in [0.4, 0.5) is 16.0 Å². The highest BCUT2D eigenvalue weighted by molar-refractivity contribution is 6.31. The number of aliphatic carboxylic acids is 1. The molecule has 6 nitrogen and oxygen atoms in total. The maximum atomic E-state index is 13.4. The van der Waals surface area contributed by atoms with Crippen molar-refractivity contribution >= 4 is 35.3 Å². The van der Waals surface area contributed by atoms with Crippen LogP contribution in [-0.4, -0.2) is 25.6 Å². The third kappa shape index (κ3) is 4.79. The molecule has 0 bridgehead atoms. The lowest BCUT2D eigenvalue weighted by atomic mass is 10.0. The van der Waals surface area contributed by atoms with Crippen molar-refractivity contribution in [3.05, 3.63) is 95.7 Å². The van der Waals surface area contributed by atoms with Crippen molar-refractivity contribution in [3.8, 4) is 16.9 Å². The number of carboxylic acid groups (broad SMARTS) is 1. The minimum absolute atomic E-state index is 0.00140. The van der Waals surface area contributed by atoms with E-state index in [1.54, 1.807) is 12.3 Å². The molecular formula is C23H16ClFN4O2. The number of hydrogen-bond donors (Lipinski definition) is 2. The molecule has 0 fully saturated rings. The quantitative estimate of drug-likeness (QED) is 0.388. The van der Waals surface area contributed by atoms with Crippen LogP contribution in [0.2, 0.25) is 5.02 Å². The van der Waals surface area contributed by atoms with Gasteiger partial charge in [-0.1, -0.05) is 29.8 Å². The number of nitrogens with one attached hydrogen (secondary N) is 1. The van der Waals surface area contributed by atoms with Crippen LogP contribution in [0.3, 0.4) is 0 Å². The van der Waals surface area contributed by atoms with Gasteiger partial charge in [-0.3, -0.25) is 0 Å². The SMILES string of the molecule is O=C(O)/C=C/c1cccc(-c2cnc(Nc3ccc(F)c(Cl)c3)nc2-n2cccc2)c1. The predicted octanol–water partition coefficient (Wildman–Crippen LogP) is 5.57. The summed E-state index contributed by atoms with van der Waals surface area (Å²) in [5.41, 5.74) is 2.87. The lowest BCUT2D eigenvalue weighted by Gasteiger charge is -2.13. The minimum Gasteiger partial charge on any atom is -0.478 e. The molecule has 0 atom stereocenters. The zero-order valence-electron chi connectivity index (χ0n) is 16.0. The first-order chi connectivity index (χ1) is 15.0. The number of carboxylic acids is 1. The maximum absolute atomic E-state index is 13.4. The molecule has 0 aliphatic heterocycles. The smallest absolute Gasteiger partial charge is 0.328 e. The molecule has 0 saturated heterocycles. The number of anilines is 2. The van der Waals surface area contributed by atoms with E-state index >= 15 is 0 Å². The van der Waals surface area contributed by atoms with Gasteiger partial charge in [-0.25, -0.2) is 14.2 Å². The summed E-state index contributed by atoms with van der Waals surface area (Å²) in [4.78, 5) is 19.8. The molecule has 0 saturated carbocycles. The summed E-state index contributed by atoms with van der Waals surface area (Å²) < 4.78 is 15.3. The van der Waals surface area contributed by atoms with Gasteiger partial charge in [0.2, 0.25) is 5.95 Å². The molecule has 0 unspecified atom stereocenters. The Bertz CT molecular complexity index is 1270. The number of aromatic nitrogens is 3. The number of nitrogens with zero attached hydrogens (tertiary/aromatic N) is 3. The van der Waals surface area contributed by atoms with Gasteiger partial charge >= 0.3 is 5.97 Å². The Balaban J connectivity index is 1.74. The fourth-order valence-electron chi connectivity index (χ4n) is 2.99. The number of halogens is 2. The van der Waals surface area contributed by atoms with E-state index in [2.05, 4.69) is 15.3 Å². The van der Waals surface area contributed by atoms with Crippen LogP contribution in [0.5, 0.6) is 0 Å². The molecule has 0 radical (unpaired) electrons. The fraction of sp³-hybridized carbons (Fsp3) is 0. The van der Waals surface area contributed by atoms with Crippen LogP contribution in [0.25, 0.3) is 23.0 Å². The molecule has 154 valence electrons. The topological polar surface area (TPSA) is 80.0 Å². The van der Waals surface area contributed by atoms with Gasteiger partial charge in [0, 0.05) is 35.9 Å². The molecule has 2 heterocycles. The van der Waals surface area contributed by atoms with Crippen LogP contribution in [-0.2, 0) is 4.79 Å². The zero-order valence-corrected chi connectivity index (χ0v) is 16.8. The highest BCUT2D eigenvalue weighted by Gasteiger charge is 2.12. The number of carbonyl (C=O) groups is 1. The summed E-state index contributed by atoms with van der Waals surface area (Å²) >= 11 is 5.86. The Kier molecular flexibility index (Phi) is 5.77. The summed E-state index contributed by atoms with van der Waals surface area (Å²) in [6, 6.07) is 15.4. The van der Waals surface area contributed by atoms with Gasteiger partial charge in [0.05, 0.1) is 5.02 Å². The summed E-state index contributed by atoms with van der Waals surface area (Å²) in [6.45, 7) is 0. The van der Waals surface area contributed by atoms with E-state index in [9.17, 15) is 9.18 Å².